The number of benzene rings is 1. The molecule has 110 valence electrons. The summed E-state index contributed by atoms with van der Waals surface area (Å²) in [6.07, 6.45) is 1.89. The number of rotatable bonds is 3. The highest BCUT2D eigenvalue weighted by molar-refractivity contribution is 5.91. The first-order valence-electron chi connectivity index (χ1n) is 6.97. The minimum Gasteiger partial charge on any atom is -0.495 e. The number of hydrogen-bond acceptors (Lipinski definition) is 3. The average Bonchev–Trinajstić information content (AvgIpc) is 2.48. The quantitative estimate of drug-likeness (QED) is 0.890. The van der Waals surface area contributed by atoms with Crippen molar-refractivity contribution in [3.63, 3.8) is 0 Å². The summed E-state index contributed by atoms with van der Waals surface area (Å²) in [7, 11) is 1.60. The lowest BCUT2D eigenvalue weighted by Crippen LogP contribution is -2.46. The van der Waals surface area contributed by atoms with Gasteiger partial charge in [-0.05, 0) is 36.9 Å². The first-order valence-corrected chi connectivity index (χ1v) is 6.97. The van der Waals surface area contributed by atoms with Gasteiger partial charge in [-0.25, -0.2) is 4.79 Å². The highest BCUT2D eigenvalue weighted by Gasteiger charge is 2.30. The van der Waals surface area contributed by atoms with Crippen LogP contribution in [-0.4, -0.2) is 37.7 Å². The van der Waals surface area contributed by atoms with Crippen molar-refractivity contribution in [2.24, 2.45) is 11.1 Å². The van der Waals surface area contributed by atoms with Crippen LogP contribution in [0.2, 0.25) is 0 Å². The van der Waals surface area contributed by atoms with E-state index in [1.54, 1.807) is 7.11 Å². The molecule has 20 heavy (non-hydrogen) atoms. The Morgan fingerprint density at radius 2 is 2.05 bits per heavy atom. The molecule has 1 saturated heterocycles. The van der Waals surface area contributed by atoms with E-state index in [-0.39, 0.29) is 11.4 Å². The van der Waals surface area contributed by atoms with Gasteiger partial charge in [0.2, 0.25) is 0 Å². The number of nitrogens with zero attached hydrogens (tertiary/aromatic N) is 1. The molecule has 1 fully saturated rings. The Balaban J connectivity index is 1.96. The van der Waals surface area contributed by atoms with Crippen LogP contribution in [0.25, 0.3) is 0 Å². The number of amides is 2. The summed E-state index contributed by atoms with van der Waals surface area (Å²) in [4.78, 5) is 14.1. The van der Waals surface area contributed by atoms with Crippen LogP contribution < -0.4 is 15.8 Å². The van der Waals surface area contributed by atoms with Crippen molar-refractivity contribution in [3.8, 4) is 5.75 Å². The topological polar surface area (TPSA) is 67.6 Å². The van der Waals surface area contributed by atoms with Gasteiger partial charge in [-0.1, -0.05) is 19.1 Å². The van der Waals surface area contributed by atoms with Gasteiger partial charge >= 0.3 is 6.03 Å². The number of nitrogens with two attached hydrogens (primary N) is 1. The number of hydrogen-bond donors (Lipinski definition) is 2. The largest absolute Gasteiger partial charge is 0.495 e. The molecular weight excluding hydrogens is 254 g/mol. The molecule has 0 aliphatic carbocycles. The van der Waals surface area contributed by atoms with E-state index in [0.717, 1.165) is 25.9 Å². The monoisotopic (exact) mass is 277 g/mol. The summed E-state index contributed by atoms with van der Waals surface area (Å²) in [5.41, 5.74) is 6.65. The zero-order chi connectivity index (χ0) is 14.6. The van der Waals surface area contributed by atoms with Crippen LogP contribution >= 0.6 is 0 Å². The maximum atomic E-state index is 12.3. The van der Waals surface area contributed by atoms with Crippen LogP contribution in [0.15, 0.2) is 24.3 Å². The van der Waals surface area contributed by atoms with Gasteiger partial charge in [-0.2, -0.15) is 0 Å². The maximum absolute atomic E-state index is 12.3. The number of urea groups is 1. The Hall–Kier alpha value is -1.75. The SMILES string of the molecule is COc1ccccc1NC(=O)N1CCC(C)(CN)CC1. The van der Waals surface area contributed by atoms with Gasteiger partial charge in [0.15, 0.2) is 0 Å². The lowest BCUT2D eigenvalue weighted by molar-refractivity contribution is 0.141. The van der Waals surface area contributed by atoms with E-state index in [1.807, 2.05) is 29.2 Å². The second-order valence-electron chi connectivity index (χ2n) is 5.63. The second-order valence-corrected chi connectivity index (χ2v) is 5.63. The predicted octanol–water partition coefficient (Wildman–Crippen LogP) is 2.29. The lowest BCUT2D eigenvalue weighted by atomic mass is 9.81. The highest BCUT2D eigenvalue weighted by atomic mass is 16.5. The van der Waals surface area contributed by atoms with E-state index in [2.05, 4.69) is 12.2 Å². The molecule has 0 atom stereocenters. The Morgan fingerprint density at radius 3 is 2.65 bits per heavy atom. The smallest absolute Gasteiger partial charge is 0.321 e. The number of anilines is 1. The lowest BCUT2D eigenvalue weighted by Gasteiger charge is -2.38. The Kier molecular flexibility index (Phi) is 4.49. The van der Waals surface area contributed by atoms with E-state index in [9.17, 15) is 4.79 Å². The van der Waals surface area contributed by atoms with Crippen LogP contribution in [0, 0.1) is 5.41 Å². The van der Waals surface area contributed by atoms with Crippen LogP contribution in [0.1, 0.15) is 19.8 Å². The standard InChI is InChI=1S/C15H23N3O2/c1-15(11-16)7-9-18(10-8-15)14(19)17-12-5-3-4-6-13(12)20-2/h3-6H,7-11,16H2,1-2H3,(H,17,19). The van der Waals surface area contributed by atoms with Crippen LogP contribution in [0.5, 0.6) is 5.75 Å². The van der Waals surface area contributed by atoms with E-state index < -0.39 is 0 Å². The van der Waals surface area contributed by atoms with Crippen LogP contribution in [-0.2, 0) is 0 Å². The molecule has 3 N–H and O–H groups in total. The van der Waals surface area contributed by atoms with Crippen molar-refractivity contribution in [2.45, 2.75) is 19.8 Å². The molecule has 0 aromatic heterocycles. The second kappa shape index (κ2) is 6.13. The molecule has 2 rings (SSSR count). The van der Waals surface area contributed by atoms with Gasteiger partial charge in [0.05, 0.1) is 12.8 Å². The number of ether oxygens (including phenoxy) is 1. The molecule has 0 saturated carbocycles. The fourth-order valence-corrected chi connectivity index (χ4v) is 2.40. The van der Waals surface area contributed by atoms with Crippen molar-refractivity contribution >= 4 is 11.7 Å². The molecule has 0 unspecified atom stereocenters. The van der Waals surface area contributed by atoms with E-state index in [4.69, 9.17) is 10.5 Å². The highest BCUT2D eigenvalue weighted by Crippen LogP contribution is 2.30. The molecule has 0 bridgehead atoms. The molecule has 1 aliphatic rings. The summed E-state index contributed by atoms with van der Waals surface area (Å²) < 4.78 is 5.23. The van der Waals surface area contributed by atoms with Crippen LogP contribution in [0.3, 0.4) is 0 Å². The van der Waals surface area contributed by atoms with E-state index in [1.165, 1.54) is 0 Å². The molecule has 1 heterocycles. The summed E-state index contributed by atoms with van der Waals surface area (Å²) in [6, 6.07) is 7.35. The molecule has 0 radical (unpaired) electrons. The Bertz CT molecular complexity index is 468. The van der Waals surface area contributed by atoms with Crippen molar-refractivity contribution in [2.75, 3.05) is 32.1 Å². The normalized spacial score (nSPS) is 17.6. The summed E-state index contributed by atoms with van der Waals surface area (Å²) in [6.45, 7) is 4.35. The van der Waals surface area contributed by atoms with Gasteiger partial charge in [0.1, 0.15) is 5.75 Å². The first-order chi connectivity index (χ1) is 9.58. The number of piperidine rings is 1. The Morgan fingerprint density at radius 1 is 1.40 bits per heavy atom. The third-order valence-electron chi connectivity index (χ3n) is 4.10. The van der Waals surface area contributed by atoms with Crippen molar-refractivity contribution in [1.29, 1.82) is 0 Å². The summed E-state index contributed by atoms with van der Waals surface area (Å²) >= 11 is 0. The van der Waals surface area contributed by atoms with Gasteiger partial charge in [0.25, 0.3) is 0 Å². The van der Waals surface area contributed by atoms with Gasteiger partial charge in [0, 0.05) is 13.1 Å². The van der Waals surface area contributed by atoms with E-state index >= 15 is 0 Å². The number of carbonyl (C=O) groups is 1. The predicted molar refractivity (Wildman–Crippen MR) is 80.0 cm³/mol. The fourth-order valence-electron chi connectivity index (χ4n) is 2.40. The molecular formula is C15H23N3O2. The van der Waals surface area contributed by atoms with Crippen molar-refractivity contribution in [1.82, 2.24) is 4.90 Å². The van der Waals surface area contributed by atoms with Gasteiger partial charge in [-0.15, -0.1) is 0 Å². The van der Waals surface area contributed by atoms with Crippen molar-refractivity contribution < 1.29 is 9.53 Å². The molecule has 5 nitrogen and oxygen atoms in total. The van der Waals surface area contributed by atoms with E-state index in [0.29, 0.717) is 18.0 Å². The molecule has 0 spiro atoms. The summed E-state index contributed by atoms with van der Waals surface area (Å²) in [5, 5.41) is 2.91. The zero-order valence-electron chi connectivity index (χ0n) is 12.2. The molecule has 1 aliphatic heterocycles. The third kappa shape index (κ3) is 3.22. The zero-order valence-corrected chi connectivity index (χ0v) is 12.2. The number of para-hydroxylation sites is 2. The Labute approximate surface area is 120 Å². The van der Waals surface area contributed by atoms with Gasteiger partial charge < -0.3 is 20.7 Å². The molecule has 1 aromatic carbocycles. The third-order valence-corrected chi connectivity index (χ3v) is 4.10. The molecule has 2 amide bonds. The van der Waals surface area contributed by atoms with Crippen LogP contribution in [0.4, 0.5) is 10.5 Å². The molecule has 1 aromatic rings. The van der Waals surface area contributed by atoms with Crippen molar-refractivity contribution in [3.05, 3.63) is 24.3 Å². The van der Waals surface area contributed by atoms with Gasteiger partial charge in [-0.3, -0.25) is 0 Å². The number of nitrogens with one attached hydrogen (secondary N) is 1. The fraction of sp³-hybridized carbons (Fsp3) is 0.533. The number of likely N-dealkylation sites (tertiary alicyclic amines) is 1. The average molecular weight is 277 g/mol. The first kappa shape index (κ1) is 14.7. The minimum absolute atomic E-state index is 0.0754. The number of methoxy groups -OCH3 is 1. The number of carbonyl (C=O) groups excluding carboxylic acids is 1. The molecule has 5 heteroatoms. The summed E-state index contributed by atoms with van der Waals surface area (Å²) in [5.74, 6) is 0.671. The minimum atomic E-state index is -0.0754. The maximum Gasteiger partial charge on any atom is 0.321 e.